The van der Waals surface area contributed by atoms with Crippen LogP contribution in [0.5, 0.6) is 0 Å². The van der Waals surface area contributed by atoms with Crippen LogP contribution in [0.25, 0.3) is 10.9 Å². The van der Waals surface area contributed by atoms with Crippen LogP contribution in [0.15, 0.2) is 79.0 Å². The highest BCUT2D eigenvalue weighted by molar-refractivity contribution is 5.95. The number of aromatic nitrogens is 1. The largest absolute Gasteiger partial charge is 0.394 e. The Morgan fingerprint density at radius 3 is 2.44 bits per heavy atom. The molecule has 0 bridgehead atoms. The van der Waals surface area contributed by atoms with Gasteiger partial charge in [0.05, 0.1) is 12.6 Å². The van der Waals surface area contributed by atoms with E-state index in [-0.39, 0.29) is 18.4 Å². The average Bonchev–Trinajstić information content (AvgIpc) is 3.29. The fourth-order valence-corrected chi connectivity index (χ4v) is 3.73. The van der Waals surface area contributed by atoms with E-state index in [1.54, 1.807) is 49.5 Å². The van der Waals surface area contributed by atoms with Crippen molar-refractivity contribution in [1.29, 1.82) is 0 Å². The second-order valence-corrected chi connectivity index (χ2v) is 7.90. The maximum Gasteiger partial charge on any atom is 0.251 e. The Morgan fingerprint density at radius 2 is 1.68 bits per heavy atom. The zero-order valence-corrected chi connectivity index (χ0v) is 18.8. The van der Waals surface area contributed by atoms with Crippen LogP contribution in [0.1, 0.15) is 37.4 Å². The lowest BCUT2D eigenvalue weighted by Crippen LogP contribution is -2.39. The van der Waals surface area contributed by atoms with Crippen molar-refractivity contribution in [2.24, 2.45) is 0 Å². The zero-order valence-electron chi connectivity index (χ0n) is 18.8. The number of nitrogens with one attached hydrogen (secondary N) is 3. The molecule has 1 atom stereocenters. The van der Waals surface area contributed by atoms with E-state index in [9.17, 15) is 14.7 Å². The molecular formula is C28H25N3O3. The fourth-order valence-electron chi connectivity index (χ4n) is 3.73. The average molecular weight is 452 g/mol. The molecule has 0 aliphatic rings. The summed E-state index contributed by atoms with van der Waals surface area (Å²) in [6.45, 7) is -0.170. The lowest BCUT2D eigenvalue weighted by atomic mass is 10.0. The van der Waals surface area contributed by atoms with Gasteiger partial charge in [-0.2, -0.15) is 0 Å². The predicted octanol–water partition coefficient (Wildman–Crippen LogP) is 3.26. The Balaban J connectivity index is 1.44. The monoisotopic (exact) mass is 451 g/mol. The highest BCUT2D eigenvalue weighted by atomic mass is 16.3. The standard InChI is InChI=1S/C28H25N3O3/c1-29-27(33)21-13-11-19(12-14-21)9-10-20-5-4-6-22(15-20)28(34)31-24(18-32)16-23-17-30-26-8-3-2-7-25(23)26/h2-8,11-15,17,24,30,32H,16,18H2,1H3,(H,29,33)(H,31,34). The van der Waals surface area contributed by atoms with Gasteiger partial charge < -0.3 is 20.7 Å². The molecule has 1 unspecified atom stereocenters. The van der Waals surface area contributed by atoms with E-state index in [0.717, 1.165) is 22.0 Å². The molecule has 0 aliphatic carbocycles. The lowest BCUT2D eigenvalue weighted by Gasteiger charge is -2.16. The smallest absolute Gasteiger partial charge is 0.251 e. The number of benzene rings is 3. The molecule has 0 saturated heterocycles. The van der Waals surface area contributed by atoms with E-state index in [0.29, 0.717) is 23.1 Å². The Hall–Kier alpha value is -4.34. The van der Waals surface area contributed by atoms with Gasteiger partial charge in [0.1, 0.15) is 0 Å². The number of carbonyl (C=O) groups excluding carboxylic acids is 2. The molecule has 0 spiro atoms. The summed E-state index contributed by atoms with van der Waals surface area (Å²) in [6, 6.07) is 21.6. The predicted molar refractivity (Wildman–Crippen MR) is 133 cm³/mol. The molecule has 2 amide bonds. The van der Waals surface area contributed by atoms with E-state index >= 15 is 0 Å². The minimum atomic E-state index is -0.416. The molecule has 34 heavy (non-hydrogen) atoms. The number of hydrogen-bond acceptors (Lipinski definition) is 3. The number of aliphatic hydroxyl groups is 1. The Bertz CT molecular complexity index is 1380. The number of aliphatic hydroxyl groups excluding tert-OH is 1. The van der Waals surface area contributed by atoms with Gasteiger partial charge in [-0.3, -0.25) is 9.59 Å². The molecule has 3 aromatic carbocycles. The molecule has 0 fully saturated rings. The molecule has 1 heterocycles. The maximum atomic E-state index is 12.8. The van der Waals surface area contributed by atoms with Crippen molar-refractivity contribution in [2.45, 2.75) is 12.5 Å². The first-order valence-electron chi connectivity index (χ1n) is 11.0. The first kappa shape index (κ1) is 22.8. The second-order valence-electron chi connectivity index (χ2n) is 7.90. The van der Waals surface area contributed by atoms with Crippen molar-refractivity contribution in [1.82, 2.24) is 15.6 Å². The summed E-state index contributed by atoms with van der Waals surface area (Å²) in [6.07, 6.45) is 2.43. The molecule has 170 valence electrons. The van der Waals surface area contributed by atoms with Crippen LogP contribution in [0.3, 0.4) is 0 Å². The van der Waals surface area contributed by atoms with Gasteiger partial charge in [-0.25, -0.2) is 0 Å². The minimum absolute atomic E-state index is 0.149. The van der Waals surface area contributed by atoms with Crippen molar-refractivity contribution in [3.8, 4) is 11.8 Å². The van der Waals surface area contributed by atoms with Gasteiger partial charge in [-0.1, -0.05) is 36.1 Å². The SMILES string of the molecule is CNC(=O)c1ccc(C#Cc2cccc(C(=O)NC(CO)Cc3c[nH]c4ccccc34)c2)cc1. The van der Waals surface area contributed by atoms with E-state index in [4.69, 9.17) is 0 Å². The Kier molecular flexibility index (Phi) is 7.07. The third-order valence-electron chi connectivity index (χ3n) is 5.55. The van der Waals surface area contributed by atoms with E-state index in [1.807, 2.05) is 36.5 Å². The molecule has 6 nitrogen and oxygen atoms in total. The first-order chi connectivity index (χ1) is 16.6. The van der Waals surface area contributed by atoms with Crippen molar-refractivity contribution in [2.75, 3.05) is 13.7 Å². The van der Waals surface area contributed by atoms with Gasteiger partial charge in [-0.05, 0) is 60.5 Å². The molecule has 1 aromatic heterocycles. The number of carbonyl (C=O) groups is 2. The van der Waals surface area contributed by atoms with E-state index in [2.05, 4.69) is 27.5 Å². The maximum absolute atomic E-state index is 12.8. The number of hydrogen-bond donors (Lipinski definition) is 4. The highest BCUT2D eigenvalue weighted by Crippen LogP contribution is 2.19. The van der Waals surface area contributed by atoms with Crippen LogP contribution < -0.4 is 10.6 Å². The molecule has 0 aliphatic heterocycles. The van der Waals surface area contributed by atoms with Crippen LogP contribution in [-0.4, -0.2) is 41.6 Å². The Morgan fingerprint density at radius 1 is 0.912 bits per heavy atom. The van der Waals surface area contributed by atoms with Gasteiger partial charge in [0.2, 0.25) is 0 Å². The Labute approximate surface area is 198 Å². The summed E-state index contributed by atoms with van der Waals surface area (Å²) in [4.78, 5) is 27.7. The number of aromatic amines is 1. The molecule has 0 radical (unpaired) electrons. The van der Waals surface area contributed by atoms with Gasteiger partial charge >= 0.3 is 0 Å². The summed E-state index contributed by atoms with van der Waals surface area (Å²) < 4.78 is 0. The normalized spacial score (nSPS) is 11.4. The van der Waals surface area contributed by atoms with E-state index in [1.165, 1.54) is 0 Å². The first-order valence-corrected chi connectivity index (χ1v) is 11.0. The van der Waals surface area contributed by atoms with Crippen molar-refractivity contribution < 1.29 is 14.7 Å². The number of amides is 2. The number of fused-ring (bicyclic) bond motifs is 1. The zero-order chi connectivity index (χ0) is 23.9. The molecule has 4 aromatic rings. The molecule has 0 saturated carbocycles. The quantitative estimate of drug-likeness (QED) is 0.339. The summed E-state index contributed by atoms with van der Waals surface area (Å²) in [5.74, 6) is 5.70. The number of rotatable bonds is 6. The molecule has 6 heteroatoms. The fraction of sp³-hybridized carbons (Fsp3) is 0.143. The van der Waals surface area contributed by atoms with Crippen LogP contribution in [0, 0.1) is 11.8 Å². The van der Waals surface area contributed by atoms with Crippen molar-refractivity contribution in [3.63, 3.8) is 0 Å². The summed E-state index contributed by atoms with van der Waals surface area (Å²) in [5.41, 5.74) is 4.56. The summed E-state index contributed by atoms with van der Waals surface area (Å²) in [7, 11) is 1.59. The number of para-hydroxylation sites is 1. The van der Waals surface area contributed by atoms with Crippen molar-refractivity contribution >= 4 is 22.7 Å². The van der Waals surface area contributed by atoms with Crippen LogP contribution in [0.4, 0.5) is 0 Å². The van der Waals surface area contributed by atoms with Crippen LogP contribution >= 0.6 is 0 Å². The van der Waals surface area contributed by atoms with Crippen LogP contribution in [0.2, 0.25) is 0 Å². The second kappa shape index (κ2) is 10.5. The van der Waals surface area contributed by atoms with E-state index < -0.39 is 6.04 Å². The summed E-state index contributed by atoms with van der Waals surface area (Å²) in [5, 5.41) is 16.4. The van der Waals surface area contributed by atoms with Gasteiger partial charge in [0, 0.05) is 46.4 Å². The molecule has 4 rings (SSSR count). The molecular weight excluding hydrogens is 426 g/mol. The van der Waals surface area contributed by atoms with Gasteiger partial charge in [0.15, 0.2) is 0 Å². The third kappa shape index (κ3) is 5.34. The topological polar surface area (TPSA) is 94.2 Å². The van der Waals surface area contributed by atoms with Gasteiger partial charge in [0.25, 0.3) is 11.8 Å². The lowest BCUT2D eigenvalue weighted by molar-refractivity contribution is 0.0915. The van der Waals surface area contributed by atoms with Crippen LogP contribution in [-0.2, 0) is 6.42 Å². The minimum Gasteiger partial charge on any atom is -0.394 e. The summed E-state index contributed by atoms with van der Waals surface area (Å²) >= 11 is 0. The van der Waals surface area contributed by atoms with Gasteiger partial charge in [-0.15, -0.1) is 0 Å². The molecule has 4 N–H and O–H groups in total. The van der Waals surface area contributed by atoms with Crippen molar-refractivity contribution in [3.05, 3.63) is 107 Å². The number of H-pyrrole nitrogens is 1. The third-order valence-corrected chi connectivity index (χ3v) is 5.55. The highest BCUT2D eigenvalue weighted by Gasteiger charge is 2.16.